The first kappa shape index (κ1) is 31.0. The largest absolute Gasteiger partial charge is 0.459 e. The molecule has 0 radical (unpaired) electrons. The van der Waals surface area contributed by atoms with Crippen LogP contribution in [0.25, 0.3) is 0 Å². The van der Waals surface area contributed by atoms with E-state index in [1.165, 1.54) is 0 Å². The number of hydrogen-bond donors (Lipinski definition) is 1. The van der Waals surface area contributed by atoms with Crippen LogP contribution in [0.4, 0.5) is 10.1 Å². The molecule has 2 aromatic carbocycles. The molecule has 0 saturated carbocycles. The first-order valence-corrected chi connectivity index (χ1v) is 15.0. The highest BCUT2D eigenvalue weighted by atomic mass is 32.2. The number of rotatable bonds is 13. The Morgan fingerprint density at radius 2 is 1.93 bits per heavy atom. The monoisotopic (exact) mass is 594 g/mol. The summed E-state index contributed by atoms with van der Waals surface area (Å²) < 4.78 is 58.9. The van der Waals surface area contributed by atoms with Crippen LogP contribution in [0.2, 0.25) is 0 Å². The number of fused-ring (bicyclic) bond motifs is 1. The summed E-state index contributed by atoms with van der Waals surface area (Å²) in [4.78, 5) is 22.8. The van der Waals surface area contributed by atoms with E-state index in [1.807, 2.05) is 30.3 Å². The number of aliphatic hydroxyl groups is 1. The maximum absolute atomic E-state index is 13.9. The summed E-state index contributed by atoms with van der Waals surface area (Å²) in [6, 6.07) is 11.5. The van der Waals surface area contributed by atoms with Gasteiger partial charge in [-0.3, -0.25) is 14.9 Å². The van der Waals surface area contributed by atoms with Crippen LogP contribution in [0.3, 0.4) is 0 Å². The lowest BCUT2D eigenvalue weighted by Crippen LogP contribution is -2.43. The van der Waals surface area contributed by atoms with Gasteiger partial charge in [-0.1, -0.05) is 44.2 Å². The Morgan fingerprint density at radius 1 is 1.20 bits per heavy atom. The van der Waals surface area contributed by atoms with Gasteiger partial charge in [-0.25, -0.2) is 8.42 Å². The van der Waals surface area contributed by atoms with Crippen LogP contribution in [0.15, 0.2) is 53.4 Å². The minimum Gasteiger partial charge on any atom is -0.459 e. The van der Waals surface area contributed by atoms with Crippen molar-refractivity contribution in [1.29, 1.82) is 0 Å². The molecule has 2 aliphatic rings. The lowest BCUT2D eigenvalue weighted by atomic mass is 9.90. The molecule has 0 aliphatic carbocycles. The molecule has 2 unspecified atom stereocenters. The van der Waals surface area contributed by atoms with Crippen molar-refractivity contribution >= 4 is 21.7 Å². The number of carbonyl (C=O) groups excluding carboxylic acids is 1. The molecule has 0 amide bonds. The van der Waals surface area contributed by atoms with Gasteiger partial charge < -0.3 is 19.3 Å². The van der Waals surface area contributed by atoms with Crippen molar-refractivity contribution in [1.82, 2.24) is 4.31 Å². The zero-order valence-electron chi connectivity index (χ0n) is 22.9. The second-order valence-electron chi connectivity index (χ2n) is 10.9. The molecule has 4 rings (SSSR count). The van der Waals surface area contributed by atoms with E-state index < -0.39 is 61.7 Å². The molecule has 2 saturated heterocycles. The molecule has 0 aromatic heterocycles. The Morgan fingerprint density at radius 3 is 2.61 bits per heavy atom. The Kier molecular flexibility index (Phi) is 10.1. The zero-order chi connectivity index (χ0) is 29.7. The third-order valence-corrected chi connectivity index (χ3v) is 9.12. The summed E-state index contributed by atoms with van der Waals surface area (Å²) in [6.07, 6.45) is -1.35. The summed E-state index contributed by atoms with van der Waals surface area (Å²) >= 11 is 0. The highest BCUT2D eigenvalue weighted by Gasteiger charge is 2.44. The lowest BCUT2D eigenvalue weighted by Gasteiger charge is -2.30. The summed E-state index contributed by atoms with van der Waals surface area (Å²) in [5.41, 5.74) is -0.128. The van der Waals surface area contributed by atoms with Crippen molar-refractivity contribution in [2.45, 2.75) is 56.5 Å². The van der Waals surface area contributed by atoms with Crippen LogP contribution in [0.1, 0.15) is 32.3 Å². The number of halogens is 1. The number of hydrogen-bond acceptors (Lipinski definition) is 9. The number of carbonyl (C=O) groups is 1. The number of esters is 1. The molecular formula is C28H35FN2O9S. The van der Waals surface area contributed by atoms with Gasteiger partial charge >= 0.3 is 11.7 Å². The van der Waals surface area contributed by atoms with E-state index in [0.29, 0.717) is 19.1 Å². The van der Waals surface area contributed by atoms with Crippen LogP contribution in [-0.2, 0) is 35.4 Å². The molecule has 13 heteroatoms. The minimum absolute atomic E-state index is 0.0183. The van der Waals surface area contributed by atoms with Gasteiger partial charge in [0.15, 0.2) is 6.29 Å². The topological polar surface area (TPSA) is 146 Å². The fourth-order valence-corrected chi connectivity index (χ4v) is 6.86. The van der Waals surface area contributed by atoms with Crippen molar-refractivity contribution in [2.24, 2.45) is 17.8 Å². The van der Waals surface area contributed by atoms with Gasteiger partial charge in [-0.05, 0) is 36.5 Å². The second kappa shape index (κ2) is 13.3. The number of nitro groups is 1. The smallest absolute Gasteiger partial charge is 0.306 e. The van der Waals surface area contributed by atoms with Gasteiger partial charge in [0.2, 0.25) is 15.8 Å². The maximum atomic E-state index is 13.9. The van der Waals surface area contributed by atoms with E-state index in [4.69, 9.17) is 14.2 Å². The van der Waals surface area contributed by atoms with Crippen LogP contribution in [0.5, 0.6) is 0 Å². The SMILES string of the molecule is CC(C)CN(C[C@@H](O)[C@@H](CC(=O)OC1CO[C@H]2OCCC12)Cc1ccccc1)S(=O)(=O)c1ccc(F)c([N+](=O)[O-])c1. The molecule has 2 heterocycles. The summed E-state index contributed by atoms with van der Waals surface area (Å²) in [5, 5.41) is 22.6. The van der Waals surface area contributed by atoms with Gasteiger partial charge in [0, 0.05) is 25.1 Å². The van der Waals surface area contributed by atoms with Crippen molar-refractivity contribution in [3.05, 3.63) is 70.0 Å². The van der Waals surface area contributed by atoms with E-state index in [0.717, 1.165) is 22.0 Å². The molecule has 2 aliphatic heterocycles. The van der Waals surface area contributed by atoms with E-state index in [2.05, 4.69) is 0 Å². The third-order valence-electron chi connectivity index (χ3n) is 7.29. The first-order chi connectivity index (χ1) is 19.5. The van der Waals surface area contributed by atoms with Crippen molar-refractivity contribution in [3.63, 3.8) is 0 Å². The lowest BCUT2D eigenvalue weighted by molar-refractivity contribution is -0.387. The van der Waals surface area contributed by atoms with Gasteiger partial charge in [0.25, 0.3) is 0 Å². The number of nitrogens with zero attached hydrogens (tertiary/aromatic N) is 2. The fourth-order valence-electron chi connectivity index (χ4n) is 5.22. The van der Waals surface area contributed by atoms with Crippen LogP contribution in [-0.4, -0.2) is 73.5 Å². The number of ether oxygens (including phenoxy) is 3. The van der Waals surface area contributed by atoms with Gasteiger partial charge in [-0.15, -0.1) is 0 Å². The summed E-state index contributed by atoms with van der Waals surface area (Å²) in [7, 11) is -4.37. The van der Waals surface area contributed by atoms with Crippen LogP contribution < -0.4 is 0 Å². The van der Waals surface area contributed by atoms with Gasteiger partial charge in [0.05, 0.1) is 41.5 Å². The predicted octanol–water partition coefficient (Wildman–Crippen LogP) is 3.30. The van der Waals surface area contributed by atoms with E-state index in [-0.39, 0.29) is 44.4 Å². The number of benzene rings is 2. The molecule has 224 valence electrons. The normalized spacial score (nSPS) is 22.0. The van der Waals surface area contributed by atoms with E-state index >= 15 is 0 Å². The standard InChI is InChI=1S/C28H35FN2O9S/c1-18(2)15-30(41(36,37)21-8-9-23(29)24(14-21)31(34)35)16-25(32)20(12-19-6-4-3-5-7-19)13-27(33)40-26-17-39-28-22(26)10-11-38-28/h3-9,14,18,20,22,25-26,28,32H,10-13,15-17H2,1-2H3/t20-,22?,25-,26?,28-/m1/s1. The number of nitro benzene ring substituents is 1. The van der Waals surface area contributed by atoms with E-state index in [1.54, 1.807) is 13.8 Å². The number of sulfonamides is 1. The zero-order valence-corrected chi connectivity index (χ0v) is 23.7. The van der Waals surface area contributed by atoms with Gasteiger partial charge in [-0.2, -0.15) is 8.70 Å². The molecule has 11 nitrogen and oxygen atoms in total. The van der Waals surface area contributed by atoms with Crippen molar-refractivity contribution in [3.8, 4) is 0 Å². The van der Waals surface area contributed by atoms with Crippen molar-refractivity contribution < 1.29 is 41.8 Å². The number of aliphatic hydroxyl groups excluding tert-OH is 1. The molecule has 0 bridgehead atoms. The summed E-state index contributed by atoms with van der Waals surface area (Å²) in [5.74, 6) is -2.64. The highest BCUT2D eigenvalue weighted by molar-refractivity contribution is 7.89. The molecule has 2 fully saturated rings. The van der Waals surface area contributed by atoms with E-state index in [9.17, 15) is 32.8 Å². The van der Waals surface area contributed by atoms with Crippen molar-refractivity contribution in [2.75, 3.05) is 26.3 Å². The molecule has 1 N–H and O–H groups in total. The Bertz CT molecular complexity index is 1330. The molecule has 41 heavy (non-hydrogen) atoms. The van der Waals surface area contributed by atoms with Crippen LogP contribution in [0, 0.1) is 33.7 Å². The molecule has 2 aromatic rings. The van der Waals surface area contributed by atoms with Crippen LogP contribution >= 0.6 is 0 Å². The fraction of sp³-hybridized carbons (Fsp3) is 0.536. The molecule has 0 spiro atoms. The highest BCUT2D eigenvalue weighted by Crippen LogP contribution is 2.34. The Hall–Kier alpha value is -2.97. The average Bonchev–Trinajstić information content (AvgIpc) is 3.53. The predicted molar refractivity (Wildman–Crippen MR) is 145 cm³/mol. The Balaban J connectivity index is 1.55. The van der Waals surface area contributed by atoms with Gasteiger partial charge in [0.1, 0.15) is 6.10 Å². The second-order valence-corrected chi connectivity index (χ2v) is 12.8. The Labute approximate surface area is 238 Å². The first-order valence-electron chi connectivity index (χ1n) is 13.5. The minimum atomic E-state index is -4.37. The third kappa shape index (κ3) is 7.66. The molecule has 5 atom stereocenters. The maximum Gasteiger partial charge on any atom is 0.306 e. The molecular weight excluding hydrogens is 559 g/mol. The average molecular weight is 595 g/mol. The quantitative estimate of drug-likeness (QED) is 0.210. The summed E-state index contributed by atoms with van der Waals surface area (Å²) in [6.45, 7) is 3.90.